The molecule has 1 fully saturated rings. The molecule has 0 amide bonds. The molecule has 25 heavy (non-hydrogen) atoms. The Labute approximate surface area is 148 Å². The first kappa shape index (κ1) is 16.5. The van der Waals surface area contributed by atoms with E-state index in [0.717, 1.165) is 50.3 Å². The summed E-state index contributed by atoms with van der Waals surface area (Å²) < 4.78 is 19.0. The summed E-state index contributed by atoms with van der Waals surface area (Å²) in [4.78, 5) is 11.6. The van der Waals surface area contributed by atoms with Crippen LogP contribution < -0.4 is 4.74 Å². The van der Waals surface area contributed by atoms with Gasteiger partial charge >= 0.3 is 0 Å². The van der Waals surface area contributed by atoms with Gasteiger partial charge in [0.2, 0.25) is 0 Å². The van der Waals surface area contributed by atoms with Gasteiger partial charge in [0, 0.05) is 24.7 Å². The molecule has 2 aliphatic rings. The van der Waals surface area contributed by atoms with Crippen molar-refractivity contribution in [2.75, 3.05) is 20.2 Å². The Bertz CT molecular complexity index is 791. The Balaban J connectivity index is 1.55. The second-order valence-electron chi connectivity index (χ2n) is 7.35. The van der Waals surface area contributed by atoms with Gasteiger partial charge < -0.3 is 4.74 Å². The third-order valence-corrected chi connectivity index (χ3v) is 5.64. The van der Waals surface area contributed by atoms with E-state index in [1.54, 1.807) is 12.1 Å². The second kappa shape index (κ2) is 6.37. The van der Waals surface area contributed by atoms with Gasteiger partial charge in [0.05, 0.1) is 12.8 Å². The summed E-state index contributed by atoms with van der Waals surface area (Å²) in [5.74, 6) is 0.867. The van der Waals surface area contributed by atoms with E-state index in [2.05, 4.69) is 9.88 Å². The molecule has 2 aromatic rings. The number of halogens is 1. The third kappa shape index (κ3) is 3.01. The molecule has 1 unspecified atom stereocenters. The average Bonchev–Trinajstić information content (AvgIpc) is 2.93. The van der Waals surface area contributed by atoms with Crippen molar-refractivity contribution in [3.05, 3.63) is 52.9 Å². The van der Waals surface area contributed by atoms with Crippen LogP contribution in [0.1, 0.15) is 41.9 Å². The van der Waals surface area contributed by atoms with E-state index in [-0.39, 0.29) is 11.2 Å². The van der Waals surface area contributed by atoms with Crippen LogP contribution in [0, 0.1) is 12.7 Å². The molecule has 2 heterocycles. The van der Waals surface area contributed by atoms with E-state index in [0.29, 0.717) is 5.75 Å². The lowest BCUT2D eigenvalue weighted by Gasteiger charge is -2.40. The zero-order valence-corrected chi connectivity index (χ0v) is 14.9. The maximum absolute atomic E-state index is 14.0. The number of aryl methyl sites for hydroxylation is 2. The predicted molar refractivity (Wildman–Crippen MR) is 94.2 cm³/mol. The minimum atomic E-state index is -0.290. The van der Waals surface area contributed by atoms with Gasteiger partial charge in [0.1, 0.15) is 5.82 Å². The quantitative estimate of drug-likeness (QED) is 0.857. The lowest BCUT2D eigenvalue weighted by atomic mass is 9.77. The van der Waals surface area contributed by atoms with Crippen LogP contribution in [0.2, 0.25) is 0 Å². The molecule has 1 aromatic carbocycles. The van der Waals surface area contributed by atoms with E-state index in [4.69, 9.17) is 9.72 Å². The second-order valence-corrected chi connectivity index (χ2v) is 7.35. The Morgan fingerprint density at radius 1 is 1.32 bits per heavy atom. The summed E-state index contributed by atoms with van der Waals surface area (Å²) in [5.41, 5.74) is 3.70. The highest BCUT2D eigenvalue weighted by molar-refractivity contribution is 5.34. The fourth-order valence-electron chi connectivity index (χ4n) is 4.46. The predicted octanol–water partition coefficient (Wildman–Crippen LogP) is 3.41. The first-order valence-corrected chi connectivity index (χ1v) is 8.97. The van der Waals surface area contributed by atoms with Crippen LogP contribution in [0.25, 0.3) is 0 Å². The number of piperidine rings is 1. The van der Waals surface area contributed by atoms with E-state index in [1.165, 1.54) is 24.8 Å². The van der Waals surface area contributed by atoms with Gasteiger partial charge in [-0.3, -0.25) is 4.90 Å². The fraction of sp³-hybridized carbons (Fsp3) is 0.500. The average molecular weight is 341 g/mol. The molecule has 0 saturated carbocycles. The van der Waals surface area contributed by atoms with Crippen molar-refractivity contribution in [1.29, 1.82) is 0 Å². The summed E-state index contributed by atoms with van der Waals surface area (Å²) in [5, 5.41) is 0. The van der Waals surface area contributed by atoms with E-state index >= 15 is 0 Å². The van der Waals surface area contributed by atoms with Gasteiger partial charge in [0.25, 0.3) is 0 Å². The van der Waals surface area contributed by atoms with Gasteiger partial charge in [-0.15, -0.1) is 0 Å². The highest BCUT2D eigenvalue weighted by atomic mass is 19.1. The molecule has 0 N–H and O–H groups in total. The number of aromatic nitrogens is 2. The summed E-state index contributed by atoms with van der Waals surface area (Å²) in [7, 11) is 1.49. The number of methoxy groups -OCH3 is 1. The molecule has 5 heteroatoms. The number of hydrogen-bond donors (Lipinski definition) is 0. The van der Waals surface area contributed by atoms with Crippen LogP contribution in [0.4, 0.5) is 4.39 Å². The number of fused-ring (bicyclic) bond motifs is 2. The van der Waals surface area contributed by atoms with Crippen LogP contribution in [-0.4, -0.2) is 35.1 Å². The third-order valence-electron chi connectivity index (χ3n) is 5.64. The van der Waals surface area contributed by atoms with Crippen LogP contribution in [0.15, 0.2) is 24.4 Å². The minimum Gasteiger partial charge on any atom is -0.494 e. The lowest BCUT2D eigenvalue weighted by Crippen LogP contribution is -2.45. The largest absolute Gasteiger partial charge is 0.494 e. The zero-order valence-electron chi connectivity index (χ0n) is 14.9. The van der Waals surface area contributed by atoms with Crippen molar-refractivity contribution in [1.82, 2.24) is 14.9 Å². The standard InChI is InChI=1S/C20H24FN3O/c1-14-22-11-16-6-8-20(19(16)23-14)7-3-9-24(13-20)12-15-4-5-18(25-2)17(21)10-15/h4-5,10-11H,3,6-9,12-13H2,1-2H3. The number of hydrogen-bond acceptors (Lipinski definition) is 4. The van der Waals surface area contributed by atoms with Crippen LogP contribution >= 0.6 is 0 Å². The molecule has 1 atom stereocenters. The number of likely N-dealkylation sites (tertiary alicyclic amines) is 1. The highest BCUT2D eigenvalue weighted by Crippen LogP contribution is 2.44. The first-order valence-electron chi connectivity index (χ1n) is 8.97. The van der Waals surface area contributed by atoms with Gasteiger partial charge in [-0.25, -0.2) is 14.4 Å². The van der Waals surface area contributed by atoms with E-state index in [1.807, 2.05) is 19.2 Å². The van der Waals surface area contributed by atoms with Crippen molar-refractivity contribution >= 4 is 0 Å². The number of rotatable bonds is 3. The number of ether oxygens (including phenoxy) is 1. The van der Waals surface area contributed by atoms with Crippen molar-refractivity contribution in [2.45, 2.75) is 44.6 Å². The fourth-order valence-corrected chi connectivity index (χ4v) is 4.46. The van der Waals surface area contributed by atoms with Gasteiger partial charge in [-0.05, 0) is 62.4 Å². The molecule has 1 spiro atoms. The van der Waals surface area contributed by atoms with Gasteiger partial charge in [-0.1, -0.05) is 6.07 Å². The molecule has 4 nitrogen and oxygen atoms in total. The minimum absolute atomic E-state index is 0.145. The number of benzene rings is 1. The smallest absolute Gasteiger partial charge is 0.165 e. The lowest BCUT2D eigenvalue weighted by molar-refractivity contribution is 0.136. The Morgan fingerprint density at radius 2 is 2.20 bits per heavy atom. The highest BCUT2D eigenvalue weighted by Gasteiger charge is 2.43. The van der Waals surface area contributed by atoms with E-state index in [9.17, 15) is 4.39 Å². The van der Waals surface area contributed by atoms with Crippen molar-refractivity contribution in [2.24, 2.45) is 0 Å². The van der Waals surface area contributed by atoms with E-state index < -0.39 is 0 Å². The Hall–Kier alpha value is -2.01. The van der Waals surface area contributed by atoms with Gasteiger partial charge in [-0.2, -0.15) is 0 Å². The Kier molecular flexibility index (Phi) is 4.20. The normalized spacial score (nSPS) is 23.0. The Morgan fingerprint density at radius 3 is 3.00 bits per heavy atom. The molecule has 1 saturated heterocycles. The molecule has 1 aromatic heterocycles. The SMILES string of the molecule is COc1ccc(CN2CCCC3(CCc4cnc(C)nc43)C2)cc1F. The summed E-state index contributed by atoms with van der Waals surface area (Å²) in [6, 6.07) is 5.26. The summed E-state index contributed by atoms with van der Waals surface area (Å²) in [6.45, 7) is 4.77. The maximum atomic E-state index is 14.0. The van der Waals surface area contributed by atoms with Crippen molar-refractivity contribution in [3.63, 3.8) is 0 Å². The molecule has 4 rings (SSSR count). The van der Waals surface area contributed by atoms with Crippen molar-refractivity contribution in [3.8, 4) is 5.75 Å². The van der Waals surface area contributed by atoms with Gasteiger partial charge in [0.15, 0.2) is 11.6 Å². The number of nitrogens with zero attached hydrogens (tertiary/aromatic N) is 3. The molecule has 0 bridgehead atoms. The van der Waals surface area contributed by atoms with Crippen LogP contribution in [-0.2, 0) is 18.4 Å². The molecule has 1 aliphatic carbocycles. The summed E-state index contributed by atoms with van der Waals surface area (Å²) in [6.07, 6.45) is 6.56. The molecular formula is C20H24FN3O. The summed E-state index contributed by atoms with van der Waals surface area (Å²) >= 11 is 0. The maximum Gasteiger partial charge on any atom is 0.165 e. The molecule has 0 radical (unpaired) electrons. The topological polar surface area (TPSA) is 38.2 Å². The van der Waals surface area contributed by atoms with Crippen LogP contribution in [0.3, 0.4) is 0 Å². The monoisotopic (exact) mass is 341 g/mol. The molecular weight excluding hydrogens is 317 g/mol. The van der Waals surface area contributed by atoms with Crippen LogP contribution in [0.5, 0.6) is 5.75 Å². The van der Waals surface area contributed by atoms with Crippen molar-refractivity contribution < 1.29 is 9.13 Å². The first-order chi connectivity index (χ1) is 12.1. The molecule has 132 valence electrons. The molecule has 1 aliphatic heterocycles. The zero-order chi connectivity index (χ0) is 17.4.